The number of urea groups is 1. The summed E-state index contributed by atoms with van der Waals surface area (Å²) in [4.78, 5) is 33.5. The Kier molecular flexibility index (Phi) is 5.55. The Labute approximate surface area is 202 Å². The lowest BCUT2D eigenvalue weighted by Gasteiger charge is -2.45. The SMILES string of the molecule is O=C(N[C@@H]1CCC[C@H]1O)C1=C2NC(=O)N(c3ccnc(-c4ccccc4)c3)C3CCNC(S1)C23. The molecule has 1 aliphatic carbocycles. The number of aromatic nitrogens is 1. The Hall–Kier alpha value is -2.88. The number of nitrogens with zero attached hydrogens (tertiary/aromatic N) is 2. The number of hydrogen-bond acceptors (Lipinski definition) is 6. The van der Waals surface area contributed by atoms with Crippen molar-refractivity contribution in [2.24, 2.45) is 5.92 Å². The molecule has 4 N–H and O–H groups in total. The van der Waals surface area contributed by atoms with Gasteiger partial charge in [0.25, 0.3) is 5.91 Å². The van der Waals surface area contributed by atoms with Crippen LogP contribution in [-0.4, -0.2) is 52.1 Å². The second-order valence-electron chi connectivity index (χ2n) is 9.26. The molecule has 4 aliphatic rings. The topological polar surface area (TPSA) is 107 Å². The van der Waals surface area contributed by atoms with E-state index < -0.39 is 6.10 Å². The molecule has 2 aromatic rings. The zero-order valence-corrected chi connectivity index (χ0v) is 19.4. The van der Waals surface area contributed by atoms with Crippen LogP contribution in [0.4, 0.5) is 10.5 Å². The number of pyridine rings is 1. The predicted octanol–water partition coefficient (Wildman–Crippen LogP) is 2.57. The number of anilines is 1. The molecule has 176 valence electrons. The highest BCUT2D eigenvalue weighted by molar-refractivity contribution is 8.04. The largest absolute Gasteiger partial charge is 0.391 e. The molecule has 6 rings (SSSR count). The minimum atomic E-state index is -0.504. The van der Waals surface area contributed by atoms with E-state index >= 15 is 0 Å². The second-order valence-corrected chi connectivity index (χ2v) is 10.4. The number of amides is 3. The molecule has 3 amide bonds. The molecular formula is C25H27N5O3S. The summed E-state index contributed by atoms with van der Waals surface area (Å²) in [6, 6.07) is 13.2. The fourth-order valence-corrected chi connectivity index (χ4v) is 7.00. The normalized spacial score (nSPS) is 30.2. The summed E-state index contributed by atoms with van der Waals surface area (Å²) in [6.45, 7) is 0.767. The van der Waals surface area contributed by atoms with Crippen LogP contribution in [-0.2, 0) is 4.79 Å². The summed E-state index contributed by atoms with van der Waals surface area (Å²) < 4.78 is 0. The third-order valence-electron chi connectivity index (χ3n) is 7.23. The van der Waals surface area contributed by atoms with Crippen molar-refractivity contribution in [1.29, 1.82) is 0 Å². The molecule has 9 heteroatoms. The molecule has 2 saturated heterocycles. The van der Waals surface area contributed by atoms with Crippen molar-refractivity contribution in [2.75, 3.05) is 11.4 Å². The second kappa shape index (κ2) is 8.72. The molecule has 1 saturated carbocycles. The average molecular weight is 478 g/mol. The lowest BCUT2D eigenvalue weighted by Crippen LogP contribution is -2.62. The van der Waals surface area contributed by atoms with Gasteiger partial charge in [-0.3, -0.25) is 14.7 Å². The van der Waals surface area contributed by atoms with E-state index in [0.717, 1.165) is 42.8 Å². The summed E-state index contributed by atoms with van der Waals surface area (Å²) in [6.07, 6.45) is 4.42. The van der Waals surface area contributed by atoms with Crippen molar-refractivity contribution in [1.82, 2.24) is 20.9 Å². The zero-order valence-electron chi connectivity index (χ0n) is 18.6. The summed E-state index contributed by atoms with van der Waals surface area (Å²) in [5.74, 6) is -0.219. The summed E-state index contributed by atoms with van der Waals surface area (Å²) >= 11 is 1.48. The molecule has 1 aromatic carbocycles. The van der Waals surface area contributed by atoms with Gasteiger partial charge in [0.15, 0.2) is 0 Å². The zero-order chi connectivity index (χ0) is 23.2. The number of aliphatic hydroxyl groups excluding tert-OH is 1. The van der Waals surface area contributed by atoms with E-state index in [1.165, 1.54) is 11.8 Å². The van der Waals surface area contributed by atoms with Gasteiger partial charge in [-0.25, -0.2) is 4.79 Å². The van der Waals surface area contributed by atoms with Gasteiger partial charge in [0, 0.05) is 29.1 Å². The van der Waals surface area contributed by atoms with E-state index in [0.29, 0.717) is 17.0 Å². The van der Waals surface area contributed by atoms with Crippen LogP contribution in [0.3, 0.4) is 0 Å². The van der Waals surface area contributed by atoms with Crippen molar-refractivity contribution in [3.63, 3.8) is 0 Å². The third-order valence-corrected chi connectivity index (χ3v) is 8.59. The van der Waals surface area contributed by atoms with E-state index in [1.807, 2.05) is 47.4 Å². The number of hydrogen-bond donors (Lipinski definition) is 4. The maximum absolute atomic E-state index is 13.4. The first-order valence-corrected chi connectivity index (χ1v) is 12.7. The highest BCUT2D eigenvalue weighted by Crippen LogP contribution is 2.48. The lowest BCUT2D eigenvalue weighted by molar-refractivity contribution is -0.118. The van der Waals surface area contributed by atoms with Crippen LogP contribution in [0.25, 0.3) is 11.3 Å². The number of carbonyl (C=O) groups is 2. The van der Waals surface area contributed by atoms with E-state index in [9.17, 15) is 14.7 Å². The fourth-order valence-electron chi connectivity index (χ4n) is 5.60. The minimum absolute atomic E-state index is 0.0148. The fraction of sp³-hybridized carbons (Fsp3) is 0.400. The van der Waals surface area contributed by atoms with Crippen LogP contribution in [0.5, 0.6) is 0 Å². The van der Waals surface area contributed by atoms with Crippen LogP contribution >= 0.6 is 11.8 Å². The van der Waals surface area contributed by atoms with Crippen molar-refractivity contribution in [3.8, 4) is 11.3 Å². The lowest BCUT2D eigenvalue weighted by atomic mass is 9.86. The number of thioether (sulfide) groups is 1. The summed E-state index contributed by atoms with van der Waals surface area (Å²) in [5.41, 5.74) is 3.31. The quantitative estimate of drug-likeness (QED) is 0.539. The molecule has 3 aliphatic heterocycles. The third kappa shape index (κ3) is 3.68. The monoisotopic (exact) mass is 477 g/mol. The maximum atomic E-state index is 13.4. The Balaban J connectivity index is 1.31. The smallest absolute Gasteiger partial charge is 0.326 e. The molecule has 3 unspecified atom stereocenters. The average Bonchev–Trinajstić information content (AvgIpc) is 3.44. The highest BCUT2D eigenvalue weighted by atomic mass is 32.2. The van der Waals surface area contributed by atoms with Gasteiger partial charge in [-0.15, -0.1) is 0 Å². The summed E-state index contributed by atoms with van der Waals surface area (Å²) in [7, 11) is 0. The molecule has 0 bridgehead atoms. The number of aliphatic hydroxyl groups is 1. The Morgan fingerprint density at radius 1 is 1.18 bits per heavy atom. The molecule has 0 spiro atoms. The number of rotatable bonds is 4. The molecule has 0 radical (unpaired) electrons. The van der Waals surface area contributed by atoms with Gasteiger partial charge in [-0.05, 0) is 44.4 Å². The van der Waals surface area contributed by atoms with Gasteiger partial charge >= 0.3 is 6.03 Å². The van der Waals surface area contributed by atoms with Gasteiger partial charge in [-0.2, -0.15) is 0 Å². The van der Waals surface area contributed by atoms with Crippen LogP contribution in [0.2, 0.25) is 0 Å². The van der Waals surface area contributed by atoms with Gasteiger partial charge in [0.2, 0.25) is 0 Å². The Bertz CT molecular complexity index is 1160. The van der Waals surface area contributed by atoms with Crippen molar-refractivity contribution >= 4 is 29.4 Å². The van der Waals surface area contributed by atoms with Crippen LogP contribution in [0.1, 0.15) is 25.7 Å². The van der Waals surface area contributed by atoms with Crippen molar-refractivity contribution < 1.29 is 14.7 Å². The van der Waals surface area contributed by atoms with E-state index in [1.54, 1.807) is 6.20 Å². The predicted molar refractivity (Wildman–Crippen MR) is 131 cm³/mol. The molecular weight excluding hydrogens is 450 g/mol. The van der Waals surface area contributed by atoms with Crippen molar-refractivity contribution in [2.45, 2.75) is 49.2 Å². The van der Waals surface area contributed by atoms with Crippen LogP contribution in [0.15, 0.2) is 59.3 Å². The van der Waals surface area contributed by atoms with Gasteiger partial charge < -0.3 is 21.1 Å². The van der Waals surface area contributed by atoms with Gasteiger partial charge in [0.05, 0.1) is 34.2 Å². The van der Waals surface area contributed by atoms with Crippen LogP contribution < -0.4 is 20.9 Å². The number of piperidine rings is 1. The first kappa shape index (κ1) is 21.6. The molecule has 34 heavy (non-hydrogen) atoms. The molecule has 3 fully saturated rings. The van der Waals surface area contributed by atoms with E-state index in [2.05, 4.69) is 20.9 Å². The first-order chi connectivity index (χ1) is 16.6. The minimum Gasteiger partial charge on any atom is -0.391 e. The number of benzene rings is 1. The molecule has 8 nitrogen and oxygen atoms in total. The molecule has 5 atom stereocenters. The number of carbonyl (C=O) groups excluding carboxylic acids is 2. The van der Waals surface area contributed by atoms with Gasteiger partial charge in [-0.1, -0.05) is 42.1 Å². The standard InChI is InChI=1S/C25H27N5O3S/c31-19-8-4-7-16(19)28-23(32)22-21-20-18(10-12-27-24(20)34-22)30(25(33)29-21)15-9-11-26-17(13-15)14-5-2-1-3-6-14/h1-3,5-6,9,11,13,16,18-20,24,27,31H,4,7-8,10,12H2,(H,28,32)(H,29,33)/t16-,18?,19-,20?,24?/m1/s1. The van der Waals surface area contributed by atoms with Gasteiger partial charge in [0.1, 0.15) is 0 Å². The first-order valence-electron chi connectivity index (χ1n) is 11.8. The molecule has 1 aromatic heterocycles. The van der Waals surface area contributed by atoms with Crippen LogP contribution in [0, 0.1) is 5.92 Å². The molecule has 4 heterocycles. The summed E-state index contributed by atoms with van der Waals surface area (Å²) in [5, 5.41) is 19.7. The Morgan fingerprint density at radius 3 is 2.82 bits per heavy atom. The number of nitrogens with one attached hydrogen (secondary N) is 3. The van der Waals surface area contributed by atoms with Crippen molar-refractivity contribution in [3.05, 3.63) is 59.3 Å². The van der Waals surface area contributed by atoms with E-state index in [4.69, 9.17) is 0 Å². The van der Waals surface area contributed by atoms with E-state index in [-0.39, 0.29) is 35.3 Å². The maximum Gasteiger partial charge on any atom is 0.326 e. The highest BCUT2D eigenvalue weighted by Gasteiger charge is 2.52. The Morgan fingerprint density at radius 2 is 2.03 bits per heavy atom.